The van der Waals surface area contributed by atoms with Crippen LogP contribution in [0.4, 0.5) is 0 Å². The molecule has 1 aliphatic rings. The van der Waals surface area contributed by atoms with Gasteiger partial charge in [0.05, 0.1) is 30.2 Å². The summed E-state index contributed by atoms with van der Waals surface area (Å²) in [7, 11) is 0. The van der Waals surface area contributed by atoms with Crippen LogP contribution in [0.15, 0.2) is 72.5 Å². The van der Waals surface area contributed by atoms with Crippen LogP contribution in [0.5, 0.6) is 5.75 Å². The van der Waals surface area contributed by atoms with Gasteiger partial charge in [-0.15, -0.1) is 0 Å². The second-order valence-electron chi connectivity index (χ2n) is 8.63. The fourth-order valence-corrected chi connectivity index (χ4v) is 5.62. The highest BCUT2D eigenvalue weighted by molar-refractivity contribution is 7.99. The molecule has 10 heteroatoms. The zero-order chi connectivity index (χ0) is 25.8. The quantitative estimate of drug-likeness (QED) is 0.206. The van der Waals surface area contributed by atoms with Crippen molar-refractivity contribution in [3.63, 3.8) is 0 Å². The molecule has 0 saturated carbocycles. The van der Waals surface area contributed by atoms with Gasteiger partial charge in [-0.25, -0.2) is 9.97 Å². The van der Waals surface area contributed by atoms with Crippen LogP contribution in [0, 0.1) is 0 Å². The molecule has 0 aliphatic carbocycles. The van der Waals surface area contributed by atoms with E-state index < -0.39 is 5.79 Å². The summed E-state index contributed by atoms with van der Waals surface area (Å²) in [6, 6.07) is 13.3. The van der Waals surface area contributed by atoms with Gasteiger partial charge in [0.2, 0.25) is 5.79 Å². The number of aromatic nitrogens is 4. The maximum Gasteiger partial charge on any atom is 0.215 e. The van der Waals surface area contributed by atoms with E-state index in [1.165, 1.54) is 0 Å². The third-order valence-electron chi connectivity index (χ3n) is 6.09. The number of imidazole rings is 2. The highest BCUT2D eigenvalue weighted by Crippen LogP contribution is 2.40. The first-order valence-electron chi connectivity index (χ1n) is 12.2. The van der Waals surface area contributed by atoms with Crippen molar-refractivity contribution < 1.29 is 14.2 Å². The fraction of sp³-hybridized carbons (Fsp3) is 0.333. The predicted molar refractivity (Wildman–Crippen MR) is 146 cm³/mol. The first-order valence-corrected chi connectivity index (χ1v) is 13.9. The summed E-state index contributed by atoms with van der Waals surface area (Å²) in [4.78, 5) is 8.93. The summed E-state index contributed by atoms with van der Waals surface area (Å²) in [6.45, 7) is 6.24. The van der Waals surface area contributed by atoms with Crippen LogP contribution in [-0.2, 0) is 28.4 Å². The number of thioether (sulfide) groups is 1. The Bertz CT molecular complexity index is 1330. The van der Waals surface area contributed by atoms with E-state index in [4.69, 9.17) is 42.4 Å². The minimum Gasteiger partial charge on any atom is -0.491 e. The first kappa shape index (κ1) is 26.1. The van der Waals surface area contributed by atoms with Crippen LogP contribution < -0.4 is 4.74 Å². The molecule has 5 rings (SSSR count). The molecule has 0 unspecified atom stereocenters. The maximum atomic E-state index is 6.55. The van der Waals surface area contributed by atoms with Gasteiger partial charge in [0, 0.05) is 41.3 Å². The summed E-state index contributed by atoms with van der Waals surface area (Å²) >= 11 is 14.4. The number of rotatable bonds is 10. The molecular weight excluding hydrogens is 531 g/mol. The van der Waals surface area contributed by atoms with Gasteiger partial charge in [-0.3, -0.25) is 0 Å². The first-order chi connectivity index (χ1) is 18.0. The SMILES string of the molecule is CCSc1nc(-c2ccc(OC[C@@H]3CO[C@@](Cn4ccnc4)(c4ccc(Cl)cc4Cl)O3)cc2)cn1CC. The number of nitrogens with zero attached hydrogens (tertiary/aromatic N) is 4. The van der Waals surface area contributed by atoms with Gasteiger partial charge in [0.1, 0.15) is 18.5 Å². The minimum atomic E-state index is -1.08. The number of aryl methyl sites for hydroxylation is 1. The third-order valence-corrected chi connectivity index (χ3v) is 7.51. The predicted octanol–water partition coefficient (Wildman–Crippen LogP) is 6.53. The number of halogens is 2. The van der Waals surface area contributed by atoms with Gasteiger partial charge < -0.3 is 23.3 Å². The molecule has 194 valence electrons. The monoisotopic (exact) mass is 558 g/mol. The molecule has 7 nitrogen and oxygen atoms in total. The molecule has 0 bridgehead atoms. The lowest BCUT2D eigenvalue weighted by molar-refractivity contribution is -0.189. The van der Waals surface area contributed by atoms with Gasteiger partial charge >= 0.3 is 0 Å². The van der Waals surface area contributed by atoms with Crippen LogP contribution in [0.2, 0.25) is 10.0 Å². The Labute approximate surface area is 230 Å². The third kappa shape index (κ3) is 5.84. The molecule has 2 aromatic carbocycles. The number of hydrogen-bond acceptors (Lipinski definition) is 6. The van der Waals surface area contributed by atoms with Gasteiger partial charge in [0.25, 0.3) is 0 Å². The lowest BCUT2D eigenvalue weighted by Crippen LogP contribution is -2.34. The van der Waals surface area contributed by atoms with Crippen molar-refractivity contribution in [2.75, 3.05) is 19.0 Å². The van der Waals surface area contributed by atoms with Crippen molar-refractivity contribution in [3.8, 4) is 17.0 Å². The molecule has 1 saturated heterocycles. The van der Waals surface area contributed by atoms with E-state index in [-0.39, 0.29) is 6.10 Å². The van der Waals surface area contributed by atoms with E-state index >= 15 is 0 Å². The molecule has 2 aromatic heterocycles. The van der Waals surface area contributed by atoms with Crippen molar-refractivity contribution in [3.05, 3.63) is 83.0 Å². The van der Waals surface area contributed by atoms with Crippen LogP contribution >= 0.6 is 35.0 Å². The highest BCUT2D eigenvalue weighted by atomic mass is 35.5. The van der Waals surface area contributed by atoms with Crippen LogP contribution in [-0.4, -0.2) is 44.2 Å². The second-order valence-corrected chi connectivity index (χ2v) is 10.7. The Morgan fingerprint density at radius 3 is 2.70 bits per heavy atom. The molecule has 1 fully saturated rings. The average molecular weight is 560 g/mol. The summed E-state index contributed by atoms with van der Waals surface area (Å²) in [5.41, 5.74) is 2.72. The topological polar surface area (TPSA) is 63.3 Å². The number of benzene rings is 2. The van der Waals surface area contributed by atoms with Crippen molar-refractivity contribution in [2.45, 2.75) is 44.0 Å². The van der Waals surface area contributed by atoms with Crippen molar-refractivity contribution >= 4 is 35.0 Å². The molecule has 2 atom stereocenters. The molecule has 0 spiro atoms. The van der Waals surface area contributed by atoms with E-state index in [0.717, 1.165) is 34.5 Å². The largest absolute Gasteiger partial charge is 0.491 e. The Hall–Kier alpha value is -2.49. The molecule has 3 heterocycles. The Morgan fingerprint density at radius 1 is 1.16 bits per heavy atom. The number of ether oxygens (including phenoxy) is 3. The average Bonchev–Trinajstić information content (AvgIpc) is 3.64. The molecule has 4 aromatic rings. The van der Waals surface area contributed by atoms with Gasteiger partial charge in [-0.2, -0.15) is 0 Å². The summed E-state index contributed by atoms with van der Waals surface area (Å²) in [6.07, 6.45) is 7.10. The van der Waals surface area contributed by atoms with E-state index in [2.05, 4.69) is 29.6 Å². The van der Waals surface area contributed by atoms with Crippen molar-refractivity contribution in [2.24, 2.45) is 0 Å². The summed E-state index contributed by atoms with van der Waals surface area (Å²) in [5, 5.41) is 2.07. The van der Waals surface area contributed by atoms with Gasteiger partial charge in [-0.05, 0) is 49.1 Å². The molecule has 0 N–H and O–H groups in total. The fourth-order valence-electron chi connectivity index (χ4n) is 4.30. The highest BCUT2D eigenvalue weighted by Gasteiger charge is 2.45. The van der Waals surface area contributed by atoms with Gasteiger partial charge in [-0.1, -0.05) is 48.0 Å². The summed E-state index contributed by atoms with van der Waals surface area (Å²) in [5.74, 6) is 0.665. The Kier molecular flexibility index (Phi) is 8.12. The Balaban J connectivity index is 1.27. The molecule has 37 heavy (non-hydrogen) atoms. The van der Waals surface area contributed by atoms with E-state index in [1.807, 2.05) is 41.1 Å². The Morgan fingerprint density at radius 2 is 2.00 bits per heavy atom. The number of hydrogen-bond donors (Lipinski definition) is 0. The van der Waals surface area contributed by atoms with Gasteiger partial charge in [0.15, 0.2) is 5.16 Å². The van der Waals surface area contributed by atoms with Crippen LogP contribution in [0.25, 0.3) is 11.3 Å². The maximum absolute atomic E-state index is 6.55. The minimum absolute atomic E-state index is 0.288. The lowest BCUT2D eigenvalue weighted by atomic mass is 10.1. The van der Waals surface area contributed by atoms with Crippen molar-refractivity contribution in [1.82, 2.24) is 19.1 Å². The second kappa shape index (κ2) is 11.5. The molecule has 1 aliphatic heterocycles. The van der Waals surface area contributed by atoms with E-state index in [0.29, 0.717) is 35.4 Å². The van der Waals surface area contributed by atoms with Crippen molar-refractivity contribution in [1.29, 1.82) is 0 Å². The molecule has 0 amide bonds. The zero-order valence-corrected chi connectivity index (χ0v) is 23.0. The van der Waals surface area contributed by atoms with E-state index in [1.54, 1.807) is 36.4 Å². The van der Waals surface area contributed by atoms with Crippen LogP contribution in [0.3, 0.4) is 0 Å². The smallest absolute Gasteiger partial charge is 0.215 e. The molecular formula is C27H28Cl2N4O3S. The van der Waals surface area contributed by atoms with E-state index in [9.17, 15) is 0 Å². The zero-order valence-electron chi connectivity index (χ0n) is 20.6. The normalized spacial score (nSPS) is 19.4. The molecule has 0 radical (unpaired) electrons. The standard InChI is InChI=1S/C27H28Cl2N4O3S/c1-3-33-14-25(31-26(33)37-4-2)19-5-8-21(9-6-19)34-15-22-16-35-27(36-22,17-32-12-11-30-18-32)23-10-7-20(28)13-24(23)29/h5-14,18,22H,3-4,15-17H2,1-2H3/t22-,27-/m1/s1. The lowest BCUT2D eigenvalue weighted by Gasteiger charge is -2.30. The summed E-state index contributed by atoms with van der Waals surface area (Å²) < 4.78 is 22.9. The van der Waals surface area contributed by atoms with Crippen LogP contribution in [0.1, 0.15) is 19.4 Å².